The Bertz CT molecular complexity index is 3010. The highest BCUT2D eigenvalue weighted by Crippen LogP contribution is 2.58. The molecule has 0 radical (unpaired) electrons. The molecule has 0 saturated heterocycles. The quantitative estimate of drug-likeness (QED) is 0.0313. The van der Waals surface area contributed by atoms with Crippen molar-refractivity contribution >= 4 is 21.5 Å². The van der Waals surface area contributed by atoms with Crippen molar-refractivity contribution in [3.8, 4) is 56.4 Å². The van der Waals surface area contributed by atoms with E-state index < -0.39 is 16.0 Å². The Morgan fingerprint density at radius 2 is 0.738 bits per heavy atom. The van der Waals surface area contributed by atoms with Crippen molar-refractivity contribution in [1.82, 2.24) is 0 Å². The van der Waals surface area contributed by atoms with E-state index in [0.717, 1.165) is 111 Å². The summed E-state index contributed by atoms with van der Waals surface area (Å²) < 4.78 is 67.4. The highest BCUT2D eigenvalue weighted by Gasteiger charge is 2.43. The average molecular weight is 1470 g/mol. The molecule has 0 amide bonds. The molecule has 12 heteroatoms. The van der Waals surface area contributed by atoms with Crippen LogP contribution in [0.25, 0.3) is 33.4 Å². The molecule has 0 saturated carbocycles. The van der Waals surface area contributed by atoms with E-state index in [9.17, 15) is 4.57 Å². The first kappa shape index (κ1) is 89.9. The molecule has 0 aromatic heterocycles. The summed E-state index contributed by atoms with van der Waals surface area (Å²) in [7, 11) is -5.47. The molecule has 0 heterocycles. The summed E-state index contributed by atoms with van der Waals surface area (Å²) in [6.07, 6.45) is 34.4. The van der Waals surface area contributed by atoms with E-state index in [1.165, 1.54) is 138 Å². The molecule has 0 fully saturated rings. The zero-order valence-corrected chi connectivity index (χ0v) is 70.7. The molecule has 0 bridgehead atoms. The van der Waals surface area contributed by atoms with Crippen LogP contribution in [0.2, 0.25) is 0 Å². The van der Waals surface area contributed by atoms with Gasteiger partial charge < -0.3 is 37.0 Å². The first-order valence-corrected chi connectivity index (χ1v) is 45.1. The number of carbonyl (C=O) groups excluding carboxylic acids is 1. The third-order valence-corrected chi connectivity index (χ3v) is 25.0. The summed E-state index contributed by atoms with van der Waals surface area (Å²) >= 11 is 0. The van der Waals surface area contributed by atoms with Crippen LogP contribution in [0.5, 0.6) is 23.0 Å². The second-order valence-electron chi connectivity index (χ2n) is 32.7. The molecule has 584 valence electrons. The van der Waals surface area contributed by atoms with Crippen molar-refractivity contribution in [3.05, 3.63) is 82.9 Å². The molecule has 0 N–H and O–H groups in total. The van der Waals surface area contributed by atoms with Gasteiger partial charge in [-0.3, -0.25) is 9.36 Å². The van der Waals surface area contributed by atoms with Gasteiger partial charge in [-0.15, -0.1) is 0 Å². The monoisotopic (exact) mass is 1470 g/mol. The predicted octanol–water partition coefficient (Wildman–Crippen LogP) is 29.0. The van der Waals surface area contributed by atoms with Crippen molar-refractivity contribution in [3.63, 3.8) is 0 Å². The van der Waals surface area contributed by atoms with E-state index in [-0.39, 0.29) is 30.3 Å². The Morgan fingerprint density at radius 1 is 0.379 bits per heavy atom. The Hall–Kier alpha value is -3.75. The van der Waals surface area contributed by atoms with Crippen LogP contribution in [0.4, 0.5) is 0 Å². The number of hydrogen-bond donors (Lipinski definition) is 0. The molecule has 0 aliphatic heterocycles. The third kappa shape index (κ3) is 31.0. The minimum absolute atomic E-state index is 0.0776. The molecule has 0 spiro atoms. The molecule has 4 unspecified atom stereocenters. The van der Waals surface area contributed by atoms with E-state index in [2.05, 4.69) is 152 Å². The lowest BCUT2D eigenvalue weighted by Gasteiger charge is -2.34. The Morgan fingerprint density at radius 3 is 1.12 bits per heavy atom. The van der Waals surface area contributed by atoms with E-state index in [0.29, 0.717) is 110 Å². The average Bonchev–Trinajstić information content (AvgIpc) is 1.57. The standard InChI is InChI=1S/C91H150O10P2/c1-19-25-27-29-31-33-55-91(56-34-32-30-28-26-20-2)84-61-76(81-64-86(94-57-51-72(15)43-35-39-68(7)8)78(67-103(93,100-23-5)101-24-6)63-87(81)95-58-52-73(16)44-36-40-69(9)10)47-49-79(84)80-50-48-77(62-85(80)91)82-65-89(97-60-54-75(18)46-38-42-71(13)14)83(90(92)102(98-21-3)99-22-4)66-88(82)96-59-53-74(17)45-37-41-70(11)12/h47-50,61-66,68-75H,19-46,51-60,67H2,1-18H3. The lowest BCUT2D eigenvalue weighted by molar-refractivity contribution is 0.103. The number of fused-ring (bicyclic) bond motifs is 3. The highest BCUT2D eigenvalue weighted by molar-refractivity contribution is 7.67. The first-order chi connectivity index (χ1) is 49.5. The van der Waals surface area contributed by atoms with E-state index in [4.69, 9.17) is 37.0 Å². The maximum absolute atomic E-state index is 15.1. The van der Waals surface area contributed by atoms with Crippen molar-refractivity contribution in [1.29, 1.82) is 0 Å². The smallest absolute Gasteiger partial charge is 0.335 e. The van der Waals surface area contributed by atoms with Gasteiger partial charge in [-0.25, -0.2) is 0 Å². The molecule has 103 heavy (non-hydrogen) atoms. The molecule has 4 aromatic carbocycles. The highest BCUT2D eigenvalue weighted by atomic mass is 31.2. The van der Waals surface area contributed by atoms with Gasteiger partial charge in [0.2, 0.25) is 13.9 Å². The zero-order valence-electron chi connectivity index (χ0n) is 68.9. The largest absolute Gasteiger partial charge is 0.493 e. The molecule has 1 aliphatic carbocycles. The Kier molecular flexibility index (Phi) is 43.0. The third-order valence-electron chi connectivity index (χ3n) is 21.4. The molecule has 1 aliphatic rings. The minimum atomic E-state index is -3.57. The number of hydrogen-bond acceptors (Lipinski definition) is 10. The van der Waals surface area contributed by atoms with Gasteiger partial charge in [0, 0.05) is 22.1 Å². The number of rotatable bonds is 60. The van der Waals surface area contributed by atoms with Gasteiger partial charge in [0.1, 0.15) is 23.0 Å². The molecular weight excluding hydrogens is 1310 g/mol. The number of unbranched alkanes of at least 4 members (excludes halogenated alkanes) is 10. The predicted molar refractivity (Wildman–Crippen MR) is 440 cm³/mol. The summed E-state index contributed by atoms with van der Waals surface area (Å²) in [6, 6.07) is 22.9. The molecule has 4 aromatic rings. The van der Waals surface area contributed by atoms with Crippen LogP contribution in [0.3, 0.4) is 0 Å². The second-order valence-corrected chi connectivity index (χ2v) is 36.2. The first-order valence-electron chi connectivity index (χ1n) is 42.2. The fourth-order valence-electron chi connectivity index (χ4n) is 15.1. The van der Waals surface area contributed by atoms with Gasteiger partial charge in [0.15, 0.2) is 0 Å². The maximum atomic E-state index is 15.1. The molecule has 5 rings (SSSR count). The number of carbonyl (C=O) groups is 1. The molecular formula is C91H150O10P2. The minimum Gasteiger partial charge on any atom is -0.493 e. The van der Waals surface area contributed by atoms with Crippen molar-refractivity contribution in [2.45, 2.75) is 329 Å². The van der Waals surface area contributed by atoms with Crippen LogP contribution < -0.4 is 18.9 Å². The fraction of sp³-hybridized carbons (Fsp3) is 0.725. The van der Waals surface area contributed by atoms with Gasteiger partial charge in [-0.1, -0.05) is 275 Å². The topological polar surface area (TPSA) is 108 Å². The van der Waals surface area contributed by atoms with Gasteiger partial charge >= 0.3 is 7.60 Å². The summed E-state index contributed by atoms with van der Waals surface area (Å²) in [6.45, 7) is 43.5. The van der Waals surface area contributed by atoms with E-state index in [1.807, 2.05) is 33.8 Å². The van der Waals surface area contributed by atoms with Crippen molar-refractivity contribution < 1.29 is 46.4 Å². The Labute approximate surface area is 632 Å². The van der Waals surface area contributed by atoms with Crippen LogP contribution in [0, 0.1) is 47.3 Å². The lowest BCUT2D eigenvalue weighted by Crippen LogP contribution is -2.25. The van der Waals surface area contributed by atoms with Crippen LogP contribution in [0.15, 0.2) is 60.7 Å². The molecule has 4 atom stereocenters. The van der Waals surface area contributed by atoms with Gasteiger partial charge in [-0.2, -0.15) is 0 Å². The van der Waals surface area contributed by atoms with Gasteiger partial charge in [0.05, 0.1) is 64.6 Å². The fourth-order valence-corrected chi connectivity index (χ4v) is 17.9. The number of benzene rings is 4. The summed E-state index contributed by atoms with van der Waals surface area (Å²) in [5, 5.41) is 0. The lowest BCUT2D eigenvalue weighted by atomic mass is 9.70. The molecule has 10 nitrogen and oxygen atoms in total. The summed E-state index contributed by atoms with van der Waals surface area (Å²) in [4.78, 5) is 15.1. The van der Waals surface area contributed by atoms with Crippen molar-refractivity contribution in [2.75, 3.05) is 52.9 Å². The van der Waals surface area contributed by atoms with Crippen LogP contribution in [-0.4, -0.2) is 58.4 Å². The Balaban J connectivity index is 1.83. The number of ether oxygens (including phenoxy) is 4. The maximum Gasteiger partial charge on any atom is 0.335 e. The van der Waals surface area contributed by atoms with Crippen molar-refractivity contribution in [2.24, 2.45) is 47.3 Å². The summed E-state index contributed by atoms with van der Waals surface area (Å²) in [5.74, 6) is 7.36. The van der Waals surface area contributed by atoms with Crippen LogP contribution in [-0.2, 0) is 34.2 Å². The summed E-state index contributed by atoms with van der Waals surface area (Å²) in [5.41, 5.74) is 10.1. The van der Waals surface area contributed by atoms with E-state index >= 15 is 4.79 Å². The van der Waals surface area contributed by atoms with Gasteiger partial charge in [0.25, 0.3) is 0 Å². The second kappa shape index (κ2) is 49.3. The van der Waals surface area contributed by atoms with E-state index in [1.54, 1.807) is 0 Å². The van der Waals surface area contributed by atoms with Gasteiger partial charge in [-0.05, 0) is 183 Å². The van der Waals surface area contributed by atoms with Crippen LogP contribution >= 0.6 is 16.0 Å². The normalized spacial score (nSPS) is 14.1. The van der Waals surface area contributed by atoms with Crippen LogP contribution in [0.1, 0.15) is 344 Å². The SMILES string of the molecule is CCCCCCCCC1(CCCCCCCC)c2cc(-c3cc(OCCC(C)CCCC(C)C)c(CP(=O)(OCC)OCC)cc3OCCC(C)CCCC(C)C)ccc2-c2ccc(-c3cc(OCCC(C)CCCC(C)C)c(C(=O)P(OCC)OCC)cc3OCCC(C)CCCC(C)C)cc21. The zero-order chi connectivity index (χ0) is 75.2.